The van der Waals surface area contributed by atoms with Crippen LogP contribution in [0.5, 0.6) is 5.75 Å². The van der Waals surface area contributed by atoms with Crippen molar-refractivity contribution in [2.24, 2.45) is 0 Å². The van der Waals surface area contributed by atoms with Gasteiger partial charge in [0.1, 0.15) is 5.75 Å². The average molecular weight is 257 g/mol. The Morgan fingerprint density at radius 2 is 2.00 bits per heavy atom. The Hall–Kier alpha value is -0.740. The number of nitrogens with zero attached hydrogens (tertiary/aromatic N) is 1. The van der Waals surface area contributed by atoms with E-state index in [-0.39, 0.29) is 0 Å². The molecule has 0 radical (unpaired) electrons. The Balaban J connectivity index is 2.24. The van der Waals surface area contributed by atoms with E-state index >= 15 is 0 Å². The molecule has 0 atom stereocenters. The molecule has 2 rings (SSSR count). The van der Waals surface area contributed by atoms with Crippen molar-refractivity contribution >= 4 is 21.6 Å². The summed E-state index contributed by atoms with van der Waals surface area (Å²) in [7, 11) is 0. The lowest BCUT2D eigenvalue weighted by Gasteiger charge is -2.30. The third-order valence-electron chi connectivity index (χ3n) is 2.39. The number of halogens is 1. The Labute approximate surface area is 91.9 Å². The minimum atomic E-state index is 0.321. The van der Waals surface area contributed by atoms with Gasteiger partial charge in [-0.2, -0.15) is 0 Å². The minimum absolute atomic E-state index is 0.321. The summed E-state index contributed by atoms with van der Waals surface area (Å²) in [6, 6.07) is 5.37. The van der Waals surface area contributed by atoms with E-state index in [9.17, 15) is 5.11 Å². The third-order valence-corrected chi connectivity index (χ3v) is 3.06. The smallest absolute Gasteiger partial charge is 0.117 e. The second-order valence-corrected chi connectivity index (χ2v) is 4.23. The second-order valence-electron chi connectivity index (χ2n) is 3.37. The summed E-state index contributed by atoms with van der Waals surface area (Å²) < 4.78 is 1.04. The quantitative estimate of drug-likeness (QED) is 0.801. The van der Waals surface area contributed by atoms with Gasteiger partial charge in [-0.05, 0) is 28.1 Å². The molecule has 1 aromatic rings. The summed E-state index contributed by atoms with van der Waals surface area (Å²) in [5.41, 5.74) is 1.08. The highest BCUT2D eigenvalue weighted by molar-refractivity contribution is 9.10. The van der Waals surface area contributed by atoms with Crippen molar-refractivity contribution in [3.8, 4) is 5.75 Å². The summed E-state index contributed by atoms with van der Waals surface area (Å²) in [6.45, 7) is 3.98. The van der Waals surface area contributed by atoms with Gasteiger partial charge >= 0.3 is 0 Å². The van der Waals surface area contributed by atoms with Crippen LogP contribution in [0.4, 0.5) is 5.69 Å². The number of nitrogens with one attached hydrogen (secondary N) is 1. The van der Waals surface area contributed by atoms with Crippen LogP contribution in [0.3, 0.4) is 0 Å². The zero-order valence-electron chi connectivity index (χ0n) is 7.83. The van der Waals surface area contributed by atoms with Crippen molar-refractivity contribution in [2.75, 3.05) is 31.1 Å². The van der Waals surface area contributed by atoms with E-state index in [1.807, 2.05) is 6.07 Å². The number of anilines is 1. The molecule has 0 aliphatic carbocycles. The maximum Gasteiger partial charge on any atom is 0.117 e. The van der Waals surface area contributed by atoms with Crippen molar-refractivity contribution in [3.63, 3.8) is 0 Å². The fourth-order valence-electron chi connectivity index (χ4n) is 1.65. The van der Waals surface area contributed by atoms with Crippen molar-refractivity contribution in [2.45, 2.75) is 0 Å². The van der Waals surface area contributed by atoms with Gasteiger partial charge in [-0.1, -0.05) is 0 Å². The predicted molar refractivity (Wildman–Crippen MR) is 60.9 cm³/mol. The first kappa shape index (κ1) is 9.80. The van der Waals surface area contributed by atoms with E-state index in [1.54, 1.807) is 12.1 Å². The zero-order valence-corrected chi connectivity index (χ0v) is 9.42. The molecule has 1 saturated heterocycles. The third kappa shape index (κ3) is 2.01. The van der Waals surface area contributed by atoms with Crippen LogP contribution in [-0.2, 0) is 0 Å². The van der Waals surface area contributed by atoms with Crippen LogP contribution in [0.15, 0.2) is 22.7 Å². The highest BCUT2D eigenvalue weighted by Crippen LogP contribution is 2.29. The van der Waals surface area contributed by atoms with E-state index < -0.39 is 0 Å². The molecule has 2 N–H and O–H groups in total. The first-order valence-corrected chi connectivity index (χ1v) is 5.51. The van der Waals surface area contributed by atoms with Gasteiger partial charge in [0.05, 0.1) is 5.69 Å². The number of piperazine rings is 1. The normalized spacial score (nSPS) is 17.1. The summed E-state index contributed by atoms with van der Waals surface area (Å²) in [6.07, 6.45) is 0. The van der Waals surface area contributed by atoms with Gasteiger partial charge in [0, 0.05) is 36.7 Å². The van der Waals surface area contributed by atoms with Crippen molar-refractivity contribution < 1.29 is 5.11 Å². The van der Waals surface area contributed by atoms with Gasteiger partial charge < -0.3 is 15.3 Å². The van der Waals surface area contributed by atoms with Crippen molar-refractivity contribution in [3.05, 3.63) is 22.7 Å². The molecule has 1 aromatic carbocycles. The average Bonchev–Trinajstić information content (AvgIpc) is 2.23. The lowest BCUT2D eigenvalue weighted by molar-refractivity contribution is 0.474. The molecule has 1 fully saturated rings. The van der Waals surface area contributed by atoms with Crippen molar-refractivity contribution in [1.29, 1.82) is 0 Å². The molecule has 0 spiro atoms. The molecule has 0 unspecified atom stereocenters. The number of hydrogen-bond donors (Lipinski definition) is 2. The maximum absolute atomic E-state index is 9.41. The first-order valence-electron chi connectivity index (χ1n) is 4.71. The number of phenolic OH excluding ortho intramolecular Hbond substituents is 1. The van der Waals surface area contributed by atoms with Crippen LogP contribution in [0.2, 0.25) is 0 Å². The van der Waals surface area contributed by atoms with Gasteiger partial charge in [-0.25, -0.2) is 0 Å². The Kier molecular flexibility index (Phi) is 2.93. The summed E-state index contributed by atoms with van der Waals surface area (Å²) >= 11 is 3.49. The molecule has 4 heteroatoms. The standard InChI is InChI=1S/C10H13BrN2O/c11-9-2-1-8(14)7-10(9)13-5-3-12-4-6-13/h1-2,7,12,14H,3-6H2. The van der Waals surface area contributed by atoms with Gasteiger partial charge in [-0.3, -0.25) is 0 Å². The molecule has 0 bridgehead atoms. The molecule has 1 aliphatic heterocycles. The highest BCUT2D eigenvalue weighted by Gasteiger charge is 2.13. The van der Waals surface area contributed by atoms with E-state index in [0.717, 1.165) is 36.3 Å². The molecule has 0 amide bonds. The molecule has 0 saturated carbocycles. The van der Waals surface area contributed by atoms with Crippen LogP contribution in [0, 0.1) is 0 Å². The monoisotopic (exact) mass is 256 g/mol. The summed E-state index contributed by atoms with van der Waals surface area (Å²) in [5, 5.41) is 12.7. The van der Waals surface area contributed by atoms with Gasteiger partial charge in [0.2, 0.25) is 0 Å². The number of rotatable bonds is 1. The van der Waals surface area contributed by atoms with Crippen LogP contribution >= 0.6 is 15.9 Å². The summed E-state index contributed by atoms with van der Waals surface area (Å²) in [4.78, 5) is 2.26. The van der Waals surface area contributed by atoms with Gasteiger partial charge in [0.25, 0.3) is 0 Å². The Morgan fingerprint density at radius 3 is 2.71 bits per heavy atom. The summed E-state index contributed by atoms with van der Waals surface area (Å²) in [5.74, 6) is 0.321. The molecule has 1 heterocycles. The van der Waals surface area contributed by atoms with Crippen LogP contribution in [-0.4, -0.2) is 31.3 Å². The highest BCUT2D eigenvalue weighted by atomic mass is 79.9. The van der Waals surface area contributed by atoms with E-state index in [2.05, 4.69) is 26.1 Å². The number of benzene rings is 1. The Morgan fingerprint density at radius 1 is 1.29 bits per heavy atom. The first-order chi connectivity index (χ1) is 6.77. The number of hydrogen-bond acceptors (Lipinski definition) is 3. The Bertz CT molecular complexity index is 324. The molecule has 3 nitrogen and oxygen atoms in total. The maximum atomic E-state index is 9.41. The largest absolute Gasteiger partial charge is 0.508 e. The number of aromatic hydroxyl groups is 1. The van der Waals surface area contributed by atoms with E-state index in [0.29, 0.717) is 5.75 Å². The predicted octanol–water partition coefficient (Wildman–Crippen LogP) is 1.56. The molecular formula is C10H13BrN2O. The SMILES string of the molecule is Oc1ccc(Br)c(N2CCNCC2)c1. The van der Waals surface area contributed by atoms with Crippen LogP contribution < -0.4 is 10.2 Å². The fourth-order valence-corrected chi connectivity index (χ4v) is 2.15. The second kappa shape index (κ2) is 4.19. The lowest BCUT2D eigenvalue weighted by atomic mass is 10.2. The van der Waals surface area contributed by atoms with Crippen LogP contribution in [0.25, 0.3) is 0 Å². The fraction of sp³-hybridized carbons (Fsp3) is 0.400. The number of phenols is 1. The van der Waals surface area contributed by atoms with Gasteiger partial charge in [0.15, 0.2) is 0 Å². The molecule has 1 aliphatic rings. The zero-order chi connectivity index (χ0) is 9.97. The lowest BCUT2D eigenvalue weighted by Crippen LogP contribution is -2.43. The molecule has 14 heavy (non-hydrogen) atoms. The molecule has 0 aromatic heterocycles. The molecule has 76 valence electrons. The van der Waals surface area contributed by atoms with Gasteiger partial charge in [-0.15, -0.1) is 0 Å². The van der Waals surface area contributed by atoms with Crippen molar-refractivity contribution in [1.82, 2.24) is 5.32 Å². The molecular weight excluding hydrogens is 244 g/mol. The van der Waals surface area contributed by atoms with E-state index in [1.165, 1.54) is 0 Å². The topological polar surface area (TPSA) is 35.5 Å². The van der Waals surface area contributed by atoms with Crippen LogP contribution in [0.1, 0.15) is 0 Å². The van der Waals surface area contributed by atoms with E-state index in [4.69, 9.17) is 0 Å². The minimum Gasteiger partial charge on any atom is -0.508 e.